The van der Waals surface area contributed by atoms with Crippen LogP contribution in [0, 0.1) is 0 Å². The minimum absolute atomic E-state index is 0.226. The molecule has 4 N–H and O–H groups in total. The zero-order valence-electron chi connectivity index (χ0n) is 15.2. The quantitative estimate of drug-likeness (QED) is 0.436. The Morgan fingerprint density at radius 2 is 1.89 bits per heavy atom. The molecule has 8 heteroatoms. The van der Waals surface area contributed by atoms with E-state index in [4.69, 9.17) is 4.74 Å². The van der Waals surface area contributed by atoms with Crippen LogP contribution in [0.4, 0.5) is 11.6 Å². The molecule has 0 amide bonds. The molecule has 1 fully saturated rings. The number of imidazole rings is 1. The van der Waals surface area contributed by atoms with Crippen LogP contribution >= 0.6 is 0 Å². The third-order valence-corrected chi connectivity index (χ3v) is 4.92. The zero-order valence-corrected chi connectivity index (χ0v) is 15.2. The molecule has 142 valence electrons. The van der Waals surface area contributed by atoms with Crippen molar-refractivity contribution in [2.75, 3.05) is 18.4 Å². The van der Waals surface area contributed by atoms with Gasteiger partial charge in [-0.15, -0.1) is 0 Å². The molecule has 3 heterocycles. The van der Waals surface area contributed by atoms with Crippen molar-refractivity contribution in [3.63, 3.8) is 0 Å². The van der Waals surface area contributed by atoms with Gasteiger partial charge in [0.05, 0.1) is 16.6 Å². The third-order valence-electron chi connectivity index (χ3n) is 4.92. The van der Waals surface area contributed by atoms with Gasteiger partial charge in [-0.05, 0) is 56.3 Å². The number of hydrogen-bond donors (Lipinski definition) is 4. The highest BCUT2D eigenvalue weighted by molar-refractivity contribution is 5.82. The third kappa shape index (κ3) is 3.41. The fourth-order valence-corrected chi connectivity index (χ4v) is 3.48. The molecule has 28 heavy (non-hydrogen) atoms. The van der Waals surface area contributed by atoms with Crippen LogP contribution in [-0.4, -0.2) is 39.1 Å². The largest absolute Gasteiger partial charge is 0.490 e. The van der Waals surface area contributed by atoms with Gasteiger partial charge in [-0.2, -0.15) is 0 Å². The molecule has 2 aromatic carbocycles. The molecule has 0 saturated carbocycles. The molecule has 1 aliphatic heterocycles. The number of rotatable bonds is 4. The summed E-state index contributed by atoms with van der Waals surface area (Å²) in [5.41, 5.74) is 2.88. The molecule has 2 aromatic heterocycles. The fraction of sp³-hybridized carbons (Fsp3) is 0.250. The average molecular weight is 376 g/mol. The van der Waals surface area contributed by atoms with Crippen molar-refractivity contribution in [1.82, 2.24) is 25.3 Å². The van der Waals surface area contributed by atoms with E-state index in [2.05, 4.69) is 30.6 Å². The Balaban J connectivity index is 1.39. The second-order valence-corrected chi connectivity index (χ2v) is 6.95. The van der Waals surface area contributed by atoms with Gasteiger partial charge in [0.15, 0.2) is 0 Å². The summed E-state index contributed by atoms with van der Waals surface area (Å²) in [6.45, 7) is 1.98. The maximum atomic E-state index is 11.4. The van der Waals surface area contributed by atoms with Crippen molar-refractivity contribution in [3.8, 4) is 5.75 Å². The first-order valence-corrected chi connectivity index (χ1v) is 9.36. The highest BCUT2D eigenvalue weighted by Gasteiger charge is 2.14. The highest BCUT2D eigenvalue weighted by Crippen LogP contribution is 2.24. The van der Waals surface area contributed by atoms with Crippen LogP contribution in [0.5, 0.6) is 5.75 Å². The van der Waals surface area contributed by atoms with Crippen LogP contribution < -0.4 is 21.1 Å². The normalized spacial score (nSPS) is 15.1. The smallest absolute Gasteiger partial charge is 0.323 e. The van der Waals surface area contributed by atoms with E-state index in [1.807, 2.05) is 36.4 Å². The maximum Gasteiger partial charge on any atom is 0.323 e. The minimum Gasteiger partial charge on any atom is -0.490 e. The van der Waals surface area contributed by atoms with Crippen molar-refractivity contribution < 1.29 is 4.74 Å². The standard InChI is InChI=1S/C20H20N6O2/c27-20-25-16-4-2-13(9-18(16)26-20)23-19-22-11-12-1-3-15(10-17(12)24-19)28-14-5-7-21-8-6-14/h1-4,9-11,14,21H,5-8H2,(H,22,23,24)(H2,25,26,27). The molecule has 0 aliphatic carbocycles. The lowest BCUT2D eigenvalue weighted by atomic mass is 10.1. The predicted octanol–water partition coefficient (Wildman–Crippen LogP) is 2.67. The van der Waals surface area contributed by atoms with E-state index in [0.717, 1.165) is 59.3 Å². The molecule has 8 nitrogen and oxygen atoms in total. The summed E-state index contributed by atoms with van der Waals surface area (Å²) in [5.74, 6) is 1.32. The van der Waals surface area contributed by atoms with Gasteiger partial charge in [-0.1, -0.05) is 0 Å². The zero-order chi connectivity index (χ0) is 18.9. The van der Waals surface area contributed by atoms with E-state index in [1.165, 1.54) is 0 Å². The lowest BCUT2D eigenvalue weighted by Gasteiger charge is -2.23. The molecule has 1 aliphatic rings. The first-order valence-electron chi connectivity index (χ1n) is 9.36. The molecule has 0 spiro atoms. The lowest BCUT2D eigenvalue weighted by Crippen LogP contribution is -2.34. The Morgan fingerprint density at radius 3 is 2.79 bits per heavy atom. The molecule has 4 aromatic rings. The Labute approximate surface area is 160 Å². The number of fused-ring (bicyclic) bond motifs is 2. The van der Waals surface area contributed by atoms with Gasteiger partial charge in [-0.3, -0.25) is 0 Å². The summed E-state index contributed by atoms with van der Waals surface area (Å²) in [6.07, 6.45) is 4.06. The van der Waals surface area contributed by atoms with E-state index in [9.17, 15) is 4.79 Å². The molecular formula is C20H20N6O2. The van der Waals surface area contributed by atoms with Crippen LogP contribution in [0.25, 0.3) is 21.9 Å². The topological polar surface area (TPSA) is 108 Å². The van der Waals surface area contributed by atoms with E-state index in [1.54, 1.807) is 6.20 Å². The number of ether oxygens (including phenoxy) is 1. The first-order chi connectivity index (χ1) is 13.7. The average Bonchev–Trinajstić information content (AvgIpc) is 3.08. The number of H-pyrrole nitrogens is 2. The van der Waals surface area contributed by atoms with Gasteiger partial charge in [-0.25, -0.2) is 14.8 Å². The number of anilines is 2. The Hall–Kier alpha value is -3.39. The maximum absolute atomic E-state index is 11.4. The molecule has 0 atom stereocenters. The van der Waals surface area contributed by atoms with E-state index >= 15 is 0 Å². The van der Waals surface area contributed by atoms with Crippen molar-refractivity contribution in [3.05, 3.63) is 53.1 Å². The van der Waals surface area contributed by atoms with Crippen molar-refractivity contribution in [1.29, 1.82) is 0 Å². The summed E-state index contributed by atoms with van der Waals surface area (Å²) in [4.78, 5) is 25.9. The van der Waals surface area contributed by atoms with Gasteiger partial charge in [0.2, 0.25) is 5.95 Å². The SMILES string of the molecule is O=c1[nH]c2ccc(Nc3ncc4ccc(OC5CCNCC5)cc4n3)cc2[nH]1. The summed E-state index contributed by atoms with van der Waals surface area (Å²) < 4.78 is 6.11. The van der Waals surface area contributed by atoms with Gasteiger partial charge < -0.3 is 25.3 Å². The van der Waals surface area contributed by atoms with E-state index in [-0.39, 0.29) is 11.8 Å². The number of aromatic nitrogens is 4. The summed E-state index contributed by atoms with van der Waals surface area (Å²) in [6, 6.07) is 11.5. The van der Waals surface area contributed by atoms with Crippen LogP contribution in [0.2, 0.25) is 0 Å². The second kappa shape index (κ2) is 6.97. The van der Waals surface area contributed by atoms with Gasteiger partial charge in [0, 0.05) is 23.3 Å². The number of nitrogens with one attached hydrogen (secondary N) is 4. The van der Waals surface area contributed by atoms with Crippen LogP contribution in [0.1, 0.15) is 12.8 Å². The van der Waals surface area contributed by atoms with Gasteiger partial charge >= 0.3 is 5.69 Å². The lowest BCUT2D eigenvalue weighted by molar-refractivity contribution is 0.162. The fourth-order valence-electron chi connectivity index (χ4n) is 3.48. The van der Waals surface area contributed by atoms with Gasteiger partial charge in [0.25, 0.3) is 0 Å². The van der Waals surface area contributed by atoms with Gasteiger partial charge in [0.1, 0.15) is 11.9 Å². The first kappa shape index (κ1) is 16.8. The van der Waals surface area contributed by atoms with Crippen LogP contribution in [0.3, 0.4) is 0 Å². The predicted molar refractivity (Wildman–Crippen MR) is 108 cm³/mol. The number of hydrogen-bond acceptors (Lipinski definition) is 6. The number of piperidine rings is 1. The number of benzene rings is 2. The molecule has 1 saturated heterocycles. The van der Waals surface area contributed by atoms with Crippen LogP contribution in [0.15, 0.2) is 47.4 Å². The van der Waals surface area contributed by atoms with Crippen LogP contribution in [-0.2, 0) is 0 Å². The van der Waals surface area contributed by atoms with E-state index in [0.29, 0.717) is 5.95 Å². The second-order valence-electron chi connectivity index (χ2n) is 6.95. The molecule has 5 rings (SSSR count). The Morgan fingerprint density at radius 1 is 1.04 bits per heavy atom. The van der Waals surface area contributed by atoms with Crippen molar-refractivity contribution in [2.45, 2.75) is 18.9 Å². The highest BCUT2D eigenvalue weighted by atomic mass is 16.5. The summed E-state index contributed by atoms with van der Waals surface area (Å²) >= 11 is 0. The molecule has 0 unspecified atom stereocenters. The monoisotopic (exact) mass is 376 g/mol. The minimum atomic E-state index is -0.226. The Bertz CT molecular complexity index is 1190. The van der Waals surface area contributed by atoms with Crippen molar-refractivity contribution >= 4 is 33.6 Å². The molecular weight excluding hydrogens is 356 g/mol. The molecule has 0 radical (unpaired) electrons. The summed E-state index contributed by atoms with van der Waals surface area (Å²) in [7, 11) is 0. The van der Waals surface area contributed by atoms with E-state index < -0.39 is 0 Å². The number of nitrogens with zero attached hydrogens (tertiary/aromatic N) is 2. The molecule has 0 bridgehead atoms. The number of aromatic amines is 2. The summed E-state index contributed by atoms with van der Waals surface area (Å²) in [5, 5.41) is 7.49. The van der Waals surface area contributed by atoms with Crippen molar-refractivity contribution in [2.24, 2.45) is 0 Å². The Kier molecular flexibility index (Phi) is 4.17.